The minimum absolute atomic E-state index is 0.0156. The van der Waals surface area contributed by atoms with Crippen molar-refractivity contribution in [3.63, 3.8) is 0 Å². The topological polar surface area (TPSA) is 44.8 Å². The zero-order chi connectivity index (χ0) is 20.0. The molecule has 1 aliphatic heterocycles. The molecule has 0 atom stereocenters. The molecule has 1 fully saturated rings. The fourth-order valence-electron chi connectivity index (χ4n) is 3.03. The Morgan fingerprint density at radius 1 is 1.22 bits per heavy atom. The maximum Gasteiger partial charge on any atom is 0.231 e. The molecule has 150 valence electrons. The molecule has 0 saturated carbocycles. The van der Waals surface area contributed by atoms with Gasteiger partial charge in [-0.05, 0) is 63.1 Å². The minimum Gasteiger partial charge on any atom is -0.493 e. The van der Waals surface area contributed by atoms with Crippen molar-refractivity contribution in [2.45, 2.75) is 40.5 Å². The molecule has 0 bridgehead atoms. The molecule has 0 radical (unpaired) electrons. The van der Waals surface area contributed by atoms with Gasteiger partial charge in [0.25, 0.3) is 0 Å². The van der Waals surface area contributed by atoms with E-state index in [1.807, 2.05) is 20.8 Å². The van der Waals surface area contributed by atoms with Crippen LogP contribution in [0.15, 0.2) is 18.2 Å². The summed E-state index contributed by atoms with van der Waals surface area (Å²) in [5, 5.41) is 3.49. The standard InChI is InChI=1S/C21H33N3O2S/c1-16-7-8-17(2)18(15-16)26-14-6-9-21(3,4)19(25)22-20(27)24-12-10-23(5)11-13-24/h7-8,15H,6,9-14H2,1-5H3,(H,22,25,27). The number of hydrogen-bond acceptors (Lipinski definition) is 4. The van der Waals surface area contributed by atoms with Gasteiger partial charge >= 0.3 is 0 Å². The van der Waals surface area contributed by atoms with Gasteiger partial charge in [-0.2, -0.15) is 0 Å². The summed E-state index contributed by atoms with van der Waals surface area (Å²) in [6.07, 6.45) is 1.56. The van der Waals surface area contributed by atoms with Crippen molar-refractivity contribution in [2.24, 2.45) is 5.41 Å². The molecule has 0 spiro atoms. The van der Waals surface area contributed by atoms with E-state index in [0.29, 0.717) is 11.7 Å². The van der Waals surface area contributed by atoms with Crippen molar-refractivity contribution in [1.29, 1.82) is 0 Å². The van der Waals surface area contributed by atoms with Gasteiger partial charge in [-0.15, -0.1) is 0 Å². The summed E-state index contributed by atoms with van der Waals surface area (Å²) in [5.74, 6) is 0.909. The number of hydrogen-bond donors (Lipinski definition) is 1. The van der Waals surface area contributed by atoms with E-state index in [1.165, 1.54) is 5.56 Å². The zero-order valence-corrected chi connectivity index (χ0v) is 18.1. The predicted molar refractivity (Wildman–Crippen MR) is 114 cm³/mol. The van der Waals surface area contributed by atoms with Crippen LogP contribution in [0, 0.1) is 19.3 Å². The third-order valence-corrected chi connectivity index (χ3v) is 5.53. The van der Waals surface area contributed by atoms with Gasteiger partial charge in [-0.1, -0.05) is 26.0 Å². The molecule has 5 nitrogen and oxygen atoms in total. The van der Waals surface area contributed by atoms with Crippen LogP contribution in [0.25, 0.3) is 0 Å². The highest BCUT2D eigenvalue weighted by atomic mass is 32.1. The number of piperazine rings is 1. The number of thiocarbonyl (C=S) groups is 1. The lowest BCUT2D eigenvalue weighted by Gasteiger charge is -2.35. The van der Waals surface area contributed by atoms with Crippen molar-refractivity contribution in [2.75, 3.05) is 39.8 Å². The molecule has 1 amide bonds. The van der Waals surface area contributed by atoms with E-state index in [2.05, 4.69) is 47.3 Å². The van der Waals surface area contributed by atoms with Crippen LogP contribution in [0.1, 0.15) is 37.8 Å². The monoisotopic (exact) mass is 391 g/mol. The number of amides is 1. The molecule has 1 aromatic rings. The lowest BCUT2D eigenvalue weighted by Crippen LogP contribution is -2.53. The molecule has 2 rings (SSSR count). The highest BCUT2D eigenvalue weighted by molar-refractivity contribution is 7.80. The van der Waals surface area contributed by atoms with Gasteiger partial charge in [-0.3, -0.25) is 4.79 Å². The van der Waals surface area contributed by atoms with Crippen LogP contribution in [0.3, 0.4) is 0 Å². The van der Waals surface area contributed by atoms with E-state index < -0.39 is 5.41 Å². The average Bonchev–Trinajstić information content (AvgIpc) is 2.62. The summed E-state index contributed by atoms with van der Waals surface area (Å²) in [7, 11) is 2.10. The zero-order valence-electron chi connectivity index (χ0n) is 17.3. The Labute approximate surface area is 169 Å². The number of nitrogens with one attached hydrogen (secondary N) is 1. The first-order valence-electron chi connectivity index (χ1n) is 9.68. The summed E-state index contributed by atoms with van der Waals surface area (Å²) < 4.78 is 5.91. The van der Waals surface area contributed by atoms with Crippen molar-refractivity contribution in [1.82, 2.24) is 15.1 Å². The molecule has 1 aromatic carbocycles. The van der Waals surface area contributed by atoms with Crippen molar-refractivity contribution >= 4 is 23.2 Å². The Morgan fingerprint density at radius 2 is 1.89 bits per heavy atom. The van der Waals surface area contributed by atoms with Crippen LogP contribution in [0.2, 0.25) is 0 Å². The molecule has 0 unspecified atom stereocenters. The van der Waals surface area contributed by atoms with Crippen LogP contribution in [-0.2, 0) is 4.79 Å². The van der Waals surface area contributed by atoms with Crippen molar-refractivity contribution < 1.29 is 9.53 Å². The minimum atomic E-state index is -0.484. The molecule has 6 heteroatoms. The average molecular weight is 392 g/mol. The van der Waals surface area contributed by atoms with Crippen molar-refractivity contribution in [3.8, 4) is 5.75 Å². The van der Waals surface area contributed by atoms with Crippen LogP contribution < -0.4 is 10.1 Å². The highest BCUT2D eigenvalue weighted by Gasteiger charge is 2.29. The molecule has 1 heterocycles. The molecule has 27 heavy (non-hydrogen) atoms. The fourth-order valence-corrected chi connectivity index (χ4v) is 3.30. The van der Waals surface area contributed by atoms with Gasteiger partial charge in [0, 0.05) is 31.6 Å². The molecule has 0 aliphatic carbocycles. The van der Waals surface area contributed by atoms with Crippen LogP contribution in [-0.4, -0.2) is 60.7 Å². The van der Waals surface area contributed by atoms with Gasteiger partial charge in [0.1, 0.15) is 5.75 Å². The first kappa shape index (κ1) is 21.6. The van der Waals surface area contributed by atoms with Gasteiger partial charge < -0.3 is 19.9 Å². The second kappa shape index (κ2) is 9.51. The smallest absolute Gasteiger partial charge is 0.231 e. The lowest BCUT2D eigenvalue weighted by atomic mass is 9.87. The van der Waals surface area contributed by atoms with E-state index in [1.54, 1.807) is 0 Å². The number of nitrogens with zero attached hydrogens (tertiary/aromatic N) is 2. The third kappa shape index (κ3) is 6.47. The largest absolute Gasteiger partial charge is 0.493 e. The van der Waals surface area contributed by atoms with E-state index in [-0.39, 0.29) is 5.91 Å². The van der Waals surface area contributed by atoms with E-state index in [4.69, 9.17) is 17.0 Å². The summed E-state index contributed by atoms with van der Waals surface area (Å²) in [6.45, 7) is 12.3. The summed E-state index contributed by atoms with van der Waals surface area (Å²) in [6, 6.07) is 6.21. The van der Waals surface area contributed by atoms with E-state index >= 15 is 0 Å². The Morgan fingerprint density at radius 3 is 2.56 bits per heavy atom. The quantitative estimate of drug-likeness (QED) is 0.596. The van der Waals surface area contributed by atoms with E-state index in [0.717, 1.165) is 50.3 Å². The van der Waals surface area contributed by atoms with Crippen LogP contribution in [0.5, 0.6) is 5.75 Å². The summed E-state index contributed by atoms with van der Waals surface area (Å²) in [5.41, 5.74) is 1.84. The predicted octanol–water partition coefficient (Wildman–Crippen LogP) is 3.14. The maximum absolute atomic E-state index is 12.7. The fraction of sp³-hybridized carbons (Fsp3) is 0.619. The maximum atomic E-state index is 12.7. The normalized spacial score (nSPS) is 15.5. The SMILES string of the molecule is Cc1ccc(C)c(OCCCC(C)(C)C(=O)NC(=S)N2CCN(C)CC2)c1. The van der Waals surface area contributed by atoms with Gasteiger partial charge in [-0.25, -0.2) is 0 Å². The second-order valence-electron chi connectivity index (χ2n) is 8.15. The molecule has 0 aromatic heterocycles. The first-order valence-corrected chi connectivity index (χ1v) is 10.1. The number of ether oxygens (including phenoxy) is 1. The summed E-state index contributed by atoms with van der Waals surface area (Å²) in [4.78, 5) is 17.0. The number of benzene rings is 1. The first-order chi connectivity index (χ1) is 12.7. The van der Waals surface area contributed by atoms with Gasteiger partial charge in [0.15, 0.2) is 5.11 Å². The molecular formula is C21H33N3O2S. The number of carbonyl (C=O) groups is 1. The Balaban J connectivity index is 1.76. The Bertz CT molecular complexity index is 667. The molecule has 1 saturated heterocycles. The molecule has 1 N–H and O–H groups in total. The van der Waals surface area contributed by atoms with Gasteiger partial charge in [0.2, 0.25) is 5.91 Å². The third-order valence-electron chi connectivity index (χ3n) is 5.17. The highest BCUT2D eigenvalue weighted by Crippen LogP contribution is 2.24. The molecule has 1 aliphatic rings. The number of rotatable bonds is 6. The number of aryl methyl sites for hydroxylation is 2. The molecular weight excluding hydrogens is 358 g/mol. The van der Waals surface area contributed by atoms with Crippen LogP contribution >= 0.6 is 12.2 Å². The van der Waals surface area contributed by atoms with Gasteiger partial charge in [0.05, 0.1) is 6.61 Å². The van der Waals surface area contributed by atoms with Crippen molar-refractivity contribution in [3.05, 3.63) is 29.3 Å². The second-order valence-corrected chi connectivity index (χ2v) is 8.54. The number of carbonyl (C=O) groups excluding carboxylic acids is 1. The Hall–Kier alpha value is -1.66. The van der Waals surface area contributed by atoms with E-state index in [9.17, 15) is 4.79 Å². The Kier molecular flexibility index (Phi) is 7.62. The van der Waals surface area contributed by atoms with Crippen LogP contribution in [0.4, 0.5) is 0 Å². The summed E-state index contributed by atoms with van der Waals surface area (Å²) >= 11 is 5.43. The number of likely N-dealkylation sites (N-methyl/N-ethyl adjacent to an activating group) is 1. The lowest BCUT2D eigenvalue weighted by molar-refractivity contribution is -0.128.